The average molecular weight is 247 g/mol. The first kappa shape index (κ1) is 8.08. The number of halogens is 2. The van der Waals surface area contributed by atoms with Crippen molar-refractivity contribution in [2.24, 2.45) is 0 Å². The number of hydrogen-bond acceptors (Lipinski definition) is 2. The van der Waals surface area contributed by atoms with E-state index in [9.17, 15) is 4.79 Å². The quantitative estimate of drug-likeness (QED) is 0.704. The van der Waals surface area contributed by atoms with E-state index < -0.39 is 0 Å². The Labute approximate surface area is 82.6 Å². The number of benzene rings is 1. The lowest BCUT2D eigenvalue weighted by molar-refractivity contribution is 0.0961. The third kappa shape index (κ3) is 1.13. The highest BCUT2D eigenvalue weighted by Crippen LogP contribution is 2.35. The Kier molecular flexibility index (Phi) is 1.85. The Morgan fingerprint density at radius 2 is 2.25 bits per heavy atom. The molecule has 0 spiro atoms. The number of carbonyl (C=O) groups is 1. The van der Waals surface area contributed by atoms with Crippen LogP contribution in [0.1, 0.15) is 10.4 Å². The van der Waals surface area contributed by atoms with Gasteiger partial charge in [-0.3, -0.25) is 4.79 Å². The van der Waals surface area contributed by atoms with Crippen molar-refractivity contribution in [3.05, 3.63) is 27.2 Å². The second-order valence-corrected chi connectivity index (χ2v) is 3.80. The molecule has 12 heavy (non-hydrogen) atoms. The lowest BCUT2D eigenvalue weighted by Crippen LogP contribution is -1.98. The number of fused-ring (bicyclic) bond motifs is 1. The van der Waals surface area contributed by atoms with Crippen molar-refractivity contribution in [1.29, 1.82) is 0 Å². The van der Waals surface area contributed by atoms with Crippen molar-refractivity contribution < 1.29 is 9.53 Å². The summed E-state index contributed by atoms with van der Waals surface area (Å²) in [6, 6.07) is 3.43. The topological polar surface area (TPSA) is 26.3 Å². The predicted octanol–water partition coefficient (Wildman–Crippen LogP) is 2.68. The molecule has 0 bridgehead atoms. The lowest BCUT2D eigenvalue weighted by atomic mass is 10.1. The summed E-state index contributed by atoms with van der Waals surface area (Å²) in [6.45, 7) is 0.103. The molecule has 2 nitrogen and oxygen atoms in total. The highest BCUT2D eigenvalue weighted by atomic mass is 79.9. The molecule has 62 valence electrons. The van der Waals surface area contributed by atoms with Crippen LogP contribution in [0.25, 0.3) is 0 Å². The fourth-order valence-electron chi connectivity index (χ4n) is 1.13. The number of ketones is 1. The van der Waals surface area contributed by atoms with Gasteiger partial charge in [0.05, 0.1) is 10.6 Å². The summed E-state index contributed by atoms with van der Waals surface area (Å²) in [4.78, 5) is 11.2. The van der Waals surface area contributed by atoms with Gasteiger partial charge in [0.15, 0.2) is 6.61 Å². The number of Topliss-reactive ketones (excluding diaryl/α,β-unsaturated/α-hetero) is 1. The zero-order valence-electron chi connectivity index (χ0n) is 5.93. The van der Waals surface area contributed by atoms with E-state index in [4.69, 9.17) is 16.3 Å². The number of carbonyl (C=O) groups excluding carboxylic acids is 1. The first-order valence-electron chi connectivity index (χ1n) is 3.33. The molecule has 0 aliphatic carbocycles. The predicted molar refractivity (Wildman–Crippen MR) is 49.0 cm³/mol. The molecule has 1 aromatic rings. The van der Waals surface area contributed by atoms with Crippen molar-refractivity contribution in [2.45, 2.75) is 0 Å². The second-order valence-electron chi connectivity index (χ2n) is 2.48. The molecule has 0 aromatic heterocycles. The molecule has 0 unspecified atom stereocenters. The summed E-state index contributed by atoms with van der Waals surface area (Å²) in [5.74, 6) is 0.484. The molecule has 1 heterocycles. The van der Waals surface area contributed by atoms with Crippen molar-refractivity contribution >= 4 is 33.3 Å². The van der Waals surface area contributed by atoms with Crippen LogP contribution in [0.5, 0.6) is 5.75 Å². The molecular weight excluding hydrogens is 243 g/mol. The van der Waals surface area contributed by atoms with Crippen molar-refractivity contribution in [3.8, 4) is 5.75 Å². The van der Waals surface area contributed by atoms with Gasteiger partial charge in [0.25, 0.3) is 0 Å². The lowest BCUT2D eigenvalue weighted by Gasteiger charge is -2.00. The van der Waals surface area contributed by atoms with Gasteiger partial charge in [0, 0.05) is 4.47 Å². The van der Waals surface area contributed by atoms with Gasteiger partial charge in [0.1, 0.15) is 5.75 Å². The summed E-state index contributed by atoms with van der Waals surface area (Å²) < 4.78 is 5.89. The van der Waals surface area contributed by atoms with E-state index in [-0.39, 0.29) is 12.4 Å². The fourth-order valence-corrected chi connectivity index (χ4v) is 1.99. The first-order valence-corrected chi connectivity index (χ1v) is 4.50. The highest BCUT2D eigenvalue weighted by Gasteiger charge is 2.23. The zero-order chi connectivity index (χ0) is 8.72. The molecule has 0 saturated heterocycles. The molecule has 0 amide bonds. The van der Waals surface area contributed by atoms with Crippen molar-refractivity contribution in [3.63, 3.8) is 0 Å². The summed E-state index contributed by atoms with van der Waals surface area (Å²) in [6.07, 6.45) is 0. The van der Waals surface area contributed by atoms with Crippen LogP contribution in [-0.2, 0) is 0 Å². The molecular formula is C8H4BrClO2. The van der Waals surface area contributed by atoms with Gasteiger partial charge in [-0.15, -0.1) is 0 Å². The average Bonchev–Trinajstić information content (AvgIpc) is 2.33. The van der Waals surface area contributed by atoms with Gasteiger partial charge in [-0.1, -0.05) is 27.5 Å². The smallest absolute Gasteiger partial charge is 0.204 e. The molecule has 2 rings (SSSR count). The van der Waals surface area contributed by atoms with Crippen LogP contribution in [0.15, 0.2) is 16.6 Å². The third-order valence-corrected chi connectivity index (χ3v) is 2.39. The molecule has 1 aromatic carbocycles. The molecule has 0 saturated carbocycles. The Balaban J connectivity index is 2.68. The molecule has 0 fully saturated rings. The number of ether oxygens (including phenoxy) is 1. The second kappa shape index (κ2) is 2.75. The highest BCUT2D eigenvalue weighted by molar-refractivity contribution is 9.10. The minimum Gasteiger partial charge on any atom is -0.483 e. The van der Waals surface area contributed by atoms with Gasteiger partial charge in [-0.05, 0) is 12.1 Å². The van der Waals surface area contributed by atoms with Crippen LogP contribution < -0.4 is 4.74 Å². The SMILES string of the molecule is O=C1COc2c(Cl)cc(Br)cc21. The Bertz CT molecular complexity index is 362. The first-order chi connectivity index (χ1) is 5.68. The number of hydrogen-bond donors (Lipinski definition) is 0. The van der Waals surface area contributed by atoms with Gasteiger partial charge in [-0.2, -0.15) is 0 Å². The maximum absolute atomic E-state index is 11.2. The van der Waals surface area contributed by atoms with E-state index in [2.05, 4.69) is 15.9 Å². The number of rotatable bonds is 0. The standard InChI is InChI=1S/C8H4BrClO2/c9-4-1-5-7(11)3-12-8(5)6(10)2-4/h1-2H,3H2. The summed E-state index contributed by atoms with van der Waals surface area (Å²) >= 11 is 9.08. The van der Waals surface area contributed by atoms with Gasteiger partial charge < -0.3 is 4.74 Å². The molecule has 1 aliphatic rings. The van der Waals surface area contributed by atoms with E-state index in [1.807, 2.05) is 0 Å². The molecule has 0 N–H and O–H groups in total. The van der Waals surface area contributed by atoms with Gasteiger partial charge in [0.2, 0.25) is 5.78 Å². The minimum atomic E-state index is -0.0202. The molecule has 0 radical (unpaired) electrons. The molecule has 4 heteroatoms. The normalized spacial score (nSPS) is 14.3. The van der Waals surface area contributed by atoms with Gasteiger partial charge >= 0.3 is 0 Å². The van der Waals surface area contributed by atoms with Crippen LogP contribution in [0.2, 0.25) is 5.02 Å². The van der Waals surface area contributed by atoms with Crippen LogP contribution in [-0.4, -0.2) is 12.4 Å². The van der Waals surface area contributed by atoms with Crippen LogP contribution >= 0.6 is 27.5 Å². The van der Waals surface area contributed by atoms with E-state index in [1.165, 1.54) is 0 Å². The molecule has 0 atom stereocenters. The maximum Gasteiger partial charge on any atom is 0.204 e. The minimum absolute atomic E-state index is 0.0202. The largest absolute Gasteiger partial charge is 0.483 e. The van der Waals surface area contributed by atoms with E-state index >= 15 is 0 Å². The summed E-state index contributed by atoms with van der Waals surface area (Å²) in [5, 5.41) is 0.477. The van der Waals surface area contributed by atoms with Crippen LogP contribution in [0, 0.1) is 0 Å². The van der Waals surface area contributed by atoms with E-state index in [1.54, 1.807) is 12.1 Å². The van der Waals surface area contributed by atoms with Crippen molar-refractivity contribution in [2.75, 3.05) is 6.61 Å². The Morgan fingerprint density at radius 1 is 1.50 bits per heavy atom. The van der Waals surface area contributed by atoms with Gasteiger partial charge in [-0.25, -0.2) is 0 Å². The maximum atomic E-state index is 11.2. The third-order valence-electron chi connectivity index (χ3n) is 1.66. The van der Waals surface area contributed by atoms with Crippen LogP contribution in [0.4, 0.5) is 0 Å². The molecule has 1 aliphatic heterocycles. The monoisotopic (exact) mass is 246 g/mol. The fraction of sp³-hybridized carbons (Fsp3) is 0.125. The summed E-state index contributed by atoms with van der Waals surface area (Å²) in [5.41, 5.74) is 0.564. The van der Waals surface area contributed by atoms with E-state index in [0.29, 0.717) is 16.3 Å². The Morgan fingerprint density at radius 3 is 3.00 bits per heavy atom. The Hall–Kier alpha value is -0.540. The van der Waals surface area contributed by atoms with E-state index in [0.717, 1.165) is 4.47 Å². The summed E-state index contributed by atoms with van der Waals surface area (Å²) in [7, 11) is 0. The zero-order valence-corrected chi connectivity index (χ0v) is 8.28. The van der Waals surface area contributed by atoms with Crippen LogP contribution in [0.3, 0.4) is 0 Å². The van der Waals surface area contributed by atoms with Crippen molar-refractivity contribution in [1.82, 2.24) is 0 Å².